The Morgan fingerprint density at radius 1 is 1.55 bits per heavy atom. The largest absolute Gasteiger partial charge is 0.388 e. The topological polar surface area (TPSA) is 46.2 Å². The summed E-state index contributed by atoms with van der Waals surface area (Å²) in [6, 6.07) is 0. The quantitative estimate of drug-likeness (QED) is 0.599. The zero-order valence-corrected chi connectivity index (χ0v) is 7.51. The predicted octanol–water partition coefficient (Wildman–Crippen LogP) is 1.13. The minimum Gasteiger partial charge on any atom is -0.388 e. The van der Waals surface area contributed by atoms with Crippen molar-refractivity contribution < 1.29 is 5.11 Å². The second-order valence-corrected chi connectivity index (χ2v) is 4.09. The molecule has 0 aliphatic heterocycles. The second kappa shape index (κ2) is 3.11. The lowest BCUT2D eigenvalue weighted by Gasteiger charge is -2.39. The van der Waals surface area contributed by atoms with Gasteiger partial charge in [0.15, 0.2) is 0 Å². The number of aliphatic hydroxyl groups is 1. The third kappa shape index (κ3) is 1.74. The van der Waals surface area contributed by atoms with Crippen molar-refractivity contribution in [3.8, 4) is 0 Å². The first-order valence-electron chi connectivity index (χ1n) is 4.51. The third-order valence-electron chi connectivity index (χ3n) is 3.10. The van der Waals surface area contributed by atoms with E-state index in [4.69, 9.17) is 5.73 Å². The summed E-state index contributed by atoms with van der Waals surface area (Å²) < 4.78 is 0. The second-order valence-electron chi connectivity index (χ2n) is 4.09. The van der Waals surface area contributed by atoms with Crippen molar-refractivity contribution in [2.75, 3.05) is 6.54 Å². The van der Waals surface area contributed by atoms with Gasteiger partial charge in [-0.1, -0.05) is 13.8 Å². The maximum Gasteiger partial charge on any atom is 0.0794 e. The highest BCUT2D eigenvalue weighted by molar-refractivity contribution is 4.90. The summed E-state index contributed by atoms with van der Waals surface area (Å²) in [7, 11) is 0. The van der Waals surface area contributed by atoms with Gasteiger partial charge in [0.05, 0.1) is 5.60 Å². The van der Waals surface area contributed by atoms with E-state index in [1.165, 1.54) is 0 Å². The van der Waals surface area contributed by atoms with E-state index in [-0.39, 0.29) is 0 Å². The minimum absolute atomic E-state index is 0.372. The molecule has 2 heteroatoms. The van der Waals surface area contributed by atoms with Crippen LogP contribution in [0, 0.1) is 11.8 Å². The van der Waals surface area contributed by atoms with Gasteiger partial charge >= 0.3 is 0 Å². The summed E-state index contributed by atoms with van der Waals surface area (Å²) in [5.41, 5.74) is 4.96. The van der Waals surface area contributed by atoms with Gasteiger partial charge < -0.3 is 10.8 Å². The monoisotopic (exact) mass is 157 g/mol. The van der Waals surface area contributed by atoms with Crippen LogP contribution in [0.1, 0.15) is 33.1 Å². The average molecular weight is 157 g/mol. The molecular formula is C9H19NO. The summed E-state index contributed by atoms with van der Waals surface area (Å²) in [4.78, 5) is 0. The Morgan fingerprint density at radius 2 is 2.18 bits per heavy atom. The molecule has 1 aliphatic rings. The van der Waals surface area contributed by atoms with Crippen molar-refractivity contribution in [2.24, 2.45) is 17.6 Å². The highest BCUT2D eigenvalue weighted by Gasteiger charge is 2.36. The first kappa shape index (κ1) is 9.01. The average Bonchev–Trinajstić information content (AvgIpc) is 1.98. The molecule has 0 heterocycles. The standard InChI is InChI=1S/C9H19NO/c1-7-3-4-9(11,6-10)8(2)5-7/h7-8,11H,3-6,10H2,1-2H3. The normalized spacial score (nSPS) is 45.8. The molecule has 1 aliphatic carbocycles. The van der Waals surface area contributed by atoms with E-state index < -0.39 is 5.60 Å². The Morgan fingerprint density at radius 3 is 2.64 bits per heavy atom. The van der Waals surface area contributed by atoms with Crippen LogP contribution in [0.4, 0.5) is 0 Å². The molecule has 3 atom stereocenters. The van der Waals surface area contributed by atoms with Gasteiger partial charge in [-0.15, -0.1) is 0 Å². The lowest BCUT2D eigenvalue weighted by Crippen LogP contribution is -2.47. The zero-order chi connectivity index (χ0) is 8.48. The van der Waals surface area contributed by atoms with Crippen molar-refractivity contribution in [2.45, 2.75) is 38.7 Å². The lowest BCUT2D eigenvalue weighted by atomic mass is 9.72. The minimum atomic E-state index is -0.563. The van der Waals surface area contributed by atoms with Gasteiger partial charge in [-0.3, -0.25) is 0 Å². The Labute approximate surface area is 68.8 Å². The molecule has 0 radical (unpaired) electrons. The van der Waals surface area contributed by atoms with E-state index in [0.717, 1.165) is 25.2 Å². The molecule has 1 saturated carbocycles. The Bertz CT molecular complexity index is 138. The van der Waals surface area contributed by atoms with Gasteiger partial charge in [0.25, 0.3) is 0 Å². The van der Waals surface area contributed by atoms with Crippen LogP contribution in [0.25, 0.3) is 0 Å². The molecule has 0 bridgehead atoms. The molecule has 0 saturated heterocycles. The fraction of sp³-hybridized carbons (Fsp3) is 1.00. The van der Waals surface area contributed by atoms with E-state index >= 15 is 0 Å². The summed E-state index contributed by atoms with van der Waals surface area (Å²) in [6.07, 6.45) is 3.12. The molecule has 0 spiro atoms. The first-order valence-corrected chi connectivity index (χ1v) is 4.51. The summed E-state index contributed by atoms with van der Waals surface area (Å²) >= 11 is 0. The third-order valence-corrected chi connectivity index (χ3v) is 3.10. The van der Waals surface area contributed by atoms with Crippen LogP contribution in [0.3, 0.4) is 0 Å². The molecule has 0 aromatic rings. The maximum absolute atomic E-state index is 9.94. The molecule has 1 fully saturated rings. The lowest BCUT2D eigenvalue weighted by molar-refractivity contribution is -0.0446. The van der Waals surface area contributed by atoms with Crippen LogP contribution in [-0.4, -0.2) is 17.3 Å². The SMILES string of the molecule is CC1CCC(O)(CN)C(C)C1. The molecule has 0 amide bonds. The van der Waals surface area contributed by atoms with E-state index in [2.05, 4.69) is 13.8 Å². The Hall–Kier alpha value is -0.0800. The summed E-state index contributed by atoms with van der Waals surface area (Å²) in [6.45, 7) is 4.76. The maximum atomic E-state index is 9.94. The van der Waals surface area contributed by atoms with Gasteiger partial charge in [-0.2, -0.15) is 0 Å². The van der Waals surface area contributed by atoms with E-state index in [0.29, 0.717) is 12.5 Å². The Kier molecular flexibility index (Phi) is 2.55. The molecular weight excluding hydrogens is 138 g/mol. The van der Waals surface area contributed by atoms with Crippen LogP contribution in [-0.2, 0) is 0 Å². The van der Waals surface area contributed by atoms with Gasteiger partial charge in [0.1, 0.15) is 0 Å². The molecule has 2 nitrogen and oxygen atoms in total. The van der Waals surface area contributed by atoms with Crippen molar-refractivity contribution in [1.82, 2.24) is 0 Å². The van der Waals surface area contributed by atoms with Gasteiger partial charge in [0, 0.05) is 6.54 Å². The van der Waals surface area contributed by atoms with E-state index in [1.54, 1.807) is 0 Å². The van der Waals surface area contributed by atoms with Gasteiger partial charge in [0.2, 0.25) is 0 Å². The first-order chi connectivity index (χ1) is 5.08. The number of rotatable bonds is 1. The van der Waals surface area contributed by atoms with E-state index in [9.17, 15) is 5.11 Å². The summed E-state index contributed by atoms with van der Waals surface area (Å²) in [5, 5.41) is 9.94. The zero-order valence-electron chi connectivity index (χ0n) is 7.51. The molecule has 1 rings (SSSR count). The highest BCUT2D eigenvalue weighted by atomic mass is 16.3. The van der Waals surface area contributed by atoms with E-state index in [1.807, 2.05) is 0 Å². The summed E-state index contributed by atoms with van der Waals surface area (Å²) in [5.74, 6) is 1.13. The van der Waals surface area contributed by atoms with Crippen LogP contribution >= 0.6 is 0 Å². The molecule has 0 aromatic carbocycles. The van der Waals surface area contributed by atoms with Crippen molar-refractivity contribution >= 4 is 0 Å². The van der Waals surface area contributed by atoms with Crippen molar-refractivity contribution in [3.63, 3.8) is 0 Å². The Balaban J connectivity index is 2.56. The van der Waals surface area contributed by atoms with Crippen LogP contribution in [0.15, 0.2) is 0 Å². The molecule has 3 unspecified atom stereocenters. The molecule has 0 aromatic heterocycles. The van der Waals surface area contributed by atoms with Gasteiger partial charge in [-0.25, -0.2) is 0 Å². The smallest absolute Gasteiger partial charge is 0.0794 e. The molecule has 3 N–H and O–H groups in total. The fourth-order valence-corrected chi connectivity index (χ4v) is 1.99. The predicted molar refractivity (Wildman–Crippen MR) is 46.2 cm³/mol. The molecule has 11 heavy (non-hydrogen) atoms. The van der Waals surface area contributed by atoms with Crippen molar-refractivity contribution in [3.05, 3.63) is 0 Å². The van der Waals surface area contributed by atoms with Crippen LogP contribution in [0.5, 0.6) is 0 Å². The fourth-order valence-electron chi connectivity index (χ4n) is 1.99. The highest BCUT2D eigenvalue weighted by Crippen LogP contribution is 2.35. The number of hydrogen-bond donors (Lipinski definition) is 2. The van der Waals surface area contributed by atoms with Crippen LogP contribution < -0.4 is 5.73 Å². The number of nitrogens with two attached hydrogens (primary N) is 1. The number of hydrogen-bond acceptors (Lipinski definition) is 2. The van der Waals surface area contributed by atoms with Crippen molar-refractivity contribution in [1.29, 1.82) is 0 Å². The van der Waals surface area contributed by atoms with Crippen LogP contribution in [0.2, 0.25) is 0 Å². The van der Waals surface area contributed by atoms with Gasteiger partial charge in [-0.05, 0) is 31.1 Å². The molecule has 66 valence electrons.